The van der Waals surface area contributed by atoms with Crippen LogP contribution in [0.15, 0.2) is 0 Å². The van der Waals surface area contributed by atoms with Crippen LogP contribution in [-0.4, -0.2) is 54.7 Å². The van der Waals surface area contributed by atoms with Crippen LogP contribution >= 0.6 is 0 Å². The maximum absolute atomic E-state index is 13.1. The minimum Gasteiger partial charge on any atom is -0.444 e. The van der Waals surface area contributed by atoms with Gasteiger partial charge in [0.2, 0.25) is 6.36 Å². The number of hydrogen-bond acceptors (Lipinski definition) is 4. The largest absolute Gasteiger partial charge is 0.444 e. The lowest BCUT2D eigenvalue weighted by Crippen LogP contribution is -2.72. The molecule has 0 aromatic rings. The van der Waals surface area contributed by atoms with Crippen molar-refractivity contribution in [2.75, 3.05) is 26.2 Å². The van der Waals surface area contributed by atoms with Gasteiger partial charge in [-0.05, 0) is 20.8 Å². The molecule has 0 aliphatic carbocycles. The third-order valence-electron chi connectivity index (χ3n) is 2.74. The number of carbonyl (C=O) groups excluding carboxylic acids is 1. The summed E-state index contributed by atoms with van der Waals surface area (Å²) in [4.78, 5) is 13.2. The average Bonchev–Trinajstić information content (AvgIpc) is 2.10. The molecule has 1 amide bonds. The van der Waals surface area contributed by atoms with E-state index in [0.29, 0.717) is 19.6 Å². The summed E-state index contributed by atoms with van der Waals surface area (Å²) in [6, 6.07) is 0. The molecule has 2 saturated heterocycles. The van der Waals surface area contributed by atoms with E-state index in [4.69, 9.17) is 9.47 Å². The van der Waals surface area contributed by atoms with Crippen molar-refractivity contribution in [3.05, 3.63) is 0 Å². The first kappa shape index (κ1) is 12.6. The molecule has 0 bridgehead atoms. The summed E-state index contributed by atoms with van der Waals surface area (Å²) in [5, 5.41) is 2.96. The number of carbonyl (C=O) groups is 1. The second-order valence-electron chi connectivity index (χ2n) is 5.68. The van der Waals surface area contributed by atoms with Crippen molar-refractivity contribution in [1.29, 1.82) is 0 Å². The summed E-state index contributed by atoms with van der Waals surface area (Å²) in [5.41, 5.74) is -1.07. The SMILES string of the molecule is CC(C)(C)OC(=O)N1CC2(CNCC(F)O2)C1. The Morgan fingerprint density at radius 3 is 2.71 bits per heavy atom. The van der Waals surface area contributed by atoms with Gasteiger partial charge in [-0.15, -0.1) is 0 Å². The van der Waals surface area contributed by atoms with Crippen LogP contribution in [0.5, 0.6) is 0 Å². The molecule has 6 heteroatoms. The number of nitrogens with one attached hydrogen (secondary N) is 1. The number of morpholine rings is 1. The van der Waals surface area contributed by atoms with Gasteiger partial charge < -0.3 is 19.7 Å². The highest BCUT2D eigenvalue weighted by Gasteiger charge is 2.50. The van der Waals surface area contributed by atoms with Crippen LogP contribution in [0.3, 0.4) is 0 Å². The second-order valence-corrected chi connectivity index (χ2v) is 5.68. The molecule has 2 heterocycles. The molecule has 1 unspecified atom stereocenters. The molecule has 98 valence electrons. The zero-order valence-electron chi connectivity index (χ0n) is 10.5. The molecule has 2 rings (SSSR count). The normalized spacial score (nSPS) is 27.8. The lowest BCUT2D eigenvalue weighted by atomic mass is 9.93. The minimum absolute atomic E-state index is 0.216. The molecule has 0 saturated carbocycles. The van der Waals surface area contributed by atoms with Gasteiger partial charge in [0, 0.05) is 6.54 Å². The summed E-state index contributed by atoms with van der Waals surface area (Å²) >= 11 is 0. The van der Waals surface area contributed by atoms with Crippen LogP contribution in [0.2, 0.25) is 0 Å². The van der Waals surface area contributed by atoms with Crippen LogP contribution in [0.1, 0.15) is 20.8 Å². The van der Waals surface area contributed by atoms with Gasteiger partial charge >= 0.3 is 6.09 Å². The summed E-state index contributed by atoms with van der Waals surface area (Å²) < 4.78 is 23.5. The smallest absolute Gasteiger partial charge is 0.410 e. The van der Waals surface area contributed by atoms with Crippen molar-refractivity contribution >= 4 is 6.09 Å². The Bertz CT molecular complexity index is 310. The van der Waals surface area contributed by atoms with Crippen LogP contribution in [-0.2, 0) is 9.47 Å². The Hall–Kier alpha value is -0.880. The minimum atomic E-state index is -1.29. The fourth-order valence-electron chi connectivity index (χ4n) is 2.06. The molecule has 1 spiro atoms. The van der Waals surface area contributed by atoms with Gasteiger partial charge in [0.05, 0.1) is 19.6 Å². The van der Waals surface area contributed by atoms with E-state index in [2.05, 4.69) is 5.32 Å². The topological polar surface area (TPSA) is 50.8 Å². The predicted molar refractivity (Wildman–Crippen MR) is 59.4 cm³/mol. The van der Waals surface area contributed by atoms with Gasteiger partial charge in [0.25, 0.3) is 0 Å². The first-order valence-corrected chi connectivity index (χ1v) is 5.80. The summed E-state index contributed by atoms with van der Waals surface area (Å²) in [5.74, 6) is 0. The average molecular weight is 246 g/mol. The molecule has 1 N–H and O–H groups in total. The van der Waals surface area contributed by atoms with Crippen molar-refractivity contribution in [2.45, 2.75) is 38.3 Å². The lowest BCUT2D eigenvalue weighted by Gasteiger charge is -2.51. The maximum Gasteiger partial charge on any atom is 0.410 e. The van der Waals surface area contributed by atoms with Gasteiger partial charge in [-0.1, -0.05) is 0 Å². The standard InChI is InChI=1S/C11H19FN2O3/c1-10(2,3)17-9(15)14-6-11(7-14)5-13-4-8(12)16-11/h8,13H,4-7H2,1-3H3. The highest BCUT2D eigenvalue weighted by Crippen LogP contribution is 2.29. The first-order valence-electron chi connectivity index (χ1n) is 5.80. The number of alkyl halides is 1. The van der Waals surface area contributed by atoms with E-state index in [0.717, 1.165) is 0 Å². The molecule has 17 heavy (non-hydrogen) atoms. The van der Waals surface area contributed by atoms with Gasteiger partial charge in [-0.25, -0.2) is 9.18 Å². The number of halogens is 1. The molecule has 1 atom stereocenters. The van der Waals surface area contributed by atoms with E-state index in [1.165, 1.54) is 4.90 Å². The molecular weight excluding hydrogens is 227 g/mol. The van der Waals surface area contributed by atoms with E-state index in [-0.39, 0.29) is 12.6 Å². The molecular formula is C11H19FN2O3. The Balaban J connectivity index is 1.83. The molecule has 0 radical (unpaired) electrons. The van der Waals surface area contributed by atoms with E-state index in [1.54, 1.807) is 0 Å². The highest BCUT2D eigenvalue weighted by atomic mass is 19.1. The quantitative estimate of drug-likeness (QED) is 0.689. The van der Waals surface area contributed by atoms with E-state index in [1.807, 2.05) is 20.8 Å². The third kappa shape index (κ3) is 2.87. The van der Waals surface area contributed by atoms with E-state index in [9.17, 15) is 9.18 Å². The molecule has 2 aliphatic rings. The molecule has 0 aromatic carbocycles. The van der Waals surface area contributed by atoms with Gasteiger partial charge in [-0.2, -0.15) is 0 Å². The number of nitrogens with zero attached hydrogens (tertiary/aromatic N) is 1. The number of ether oxygens (including phenoxy) is 2. The number of rotatable bonds is 0. The number of amides is 1. The van der Waals surface area contributed by atoms with Gasteiger partial charge in [-0.3, -0.25) is 0 Å². The van der Waals surface area contributed by atoms with Crippen molar-refractivity contribution in [3.8, 4) is 0 Å². The van der Waals surface area contributed by atoms with Crippen LogP contribution in [0, 0.1) is 0 Å². The van der Waals surface area contributed by atoms with Crippen LogP contribution < -0.4 is 5.32 Å². The Morgan fingerprint density at radius 2 is 2.18 bits per heavy atom. The fourth-order valence-corrected chi connectivity index (χ4v) is 2.06. The lowest BCUT2D eigenvalue weighted by molar-refractivity contribution is -0.217. The van der Waals surface area contributed by atoms with Gasteiger partial charge in [0.1, 0.15) is 11.2 Å². The van der Waals surface area contributed by atoms with E-state index < -0.39 is 17.6 Å². The van der Waals surface area contributed by atoms with Crippen molar-refractivity contribution in [3.63, 3.8) is 0 Å². The second kappa shape index (κ2) is 4.10. The van der Waals surface area contributed by atoms with Crippen molar-refractivity contribution < 1.29 is 18.7 Å². The molecule has 2 aliphatic heterocycles. The fraction of sp³-hybridized carbons (Fsp3) is 0.909. The van der Waals surface area contributed by atoms with Crippen molar-refractivity contribution in [1.82, 2.24) is 10.2 Å². The zero-order chi connectivity index (χ0) is 12.7. The van der Waals surface area contributed by atoms with Crippen LogP contribution in [0.25, 0.3) is 0 Å². The molecule has 2 fully saturated rings. The third-order valence-corrected chi connectivity index (χ3v) is 2.74. The van der Waals surface area contributed by atoms with Crippen LogP contribution in [0.4, 0.5) is 9.18 Å². The predicted octanol–water partition coefficient (Wildman–Crippen LogP) is 0.891. The number of likely N-dealkylation sites (tertiary alicyclic amines) is 1. The first-order chi connectivity index (χ1) is 7.80. The Morgan fingerprint density at radius 1 is 1.53 bits per heavy atom. The summed E-state index contributed by atoms with van der Waals surface area (Å²) in [7, 11) is 0. The summed E-state index contributed by atoms with van der Waals surface area (Å²) in [6.45, 7) is 7.01. The zero-order valence-corrected chi connectivity index (χ0v) is 10.5. The Labute approximate surface area is 100 Å². The maximum atomic E-state index is 13.1. The molecule has 0 aromatic heterocycles. The number of hydrogen-bond donors (Lipinski definition) is 1. The highest BCUT2D eigenvalue weighted by molar-refractivity contribution is 5.69. The van der Waals surface area contributed by atoms with Crippen molar-refractivity contribution in [2.24, 2.45) is 0 Å². The van der Waals surface area contributed by atoms with E-state index >= 15 is 0 Å². The molecule has 5 nitrogen and oxygen atoms in total. The summed E-state index contributed by atoms with van der Waals surface area (Å²) in [6.07, 6.45) is -1.66. The Kier molecular flexibility index (Phi) is 3.03. The van der Waals surface area contributed by atoms with Gasteiger partial charge in [0.15, 0.2) is 0 Å². The monoisotopic (exact) mass is 246 g/mol.